The maximum atomic E-state index is 12.3. The molecule has 0 heterocycles. The van der Waals surface area contributed by atoms with Crippen molar-refractivity contribution in [3.8, 4) is 0 Å². The van der Waals surface area contributed by atoms with E-state index in [1.807, 2.05) is 24.3 Å². The summed E-state index contributed by atoms with van der Waals surface area (Å²) in [5, 5.41) is 2.69. The van der Waals surface area contributed by atoms with Gasteiger partial charge in [0.1, 0.15) is 0 Å². The molecule has 0 bridgehead atoms. The van der Waals surface area contributed by atoms with Crippen molar-refractivity contribution in [3.05, 3.63) is 41.1 Å². The van der Waals surface area contributed by atoms with Gasteiger partial charge in [-0.1, -0.05) is 38.1 Å². The van der Waals surface area contributed by atoms with E-state index in [9.17, 15) is 9.59 Å². The molecule has 1 amide bonds. The number of Topliss-reactive ketones (excluding diaryl/α,β-unsaturated/α-hetero) is 1. The van der Waals surface area contributed by atoms with Gasteiger partial charge in [-0.15, -0.1) is 0 Å². The van der Waals surface area contributed by atoms with Gasteiger partial charge in [0, 0.05) is 12.5 Å². The van der Waals surface area contributed by atoms with Gasteiger partial charge in [0.15, 0.2) is 0 Å². The van der Waals surface area contributed by atoms with Gasteiger partial charge in [0.25, 0.3) is 0 Å². The van der Waals surface area contributed by atoms with Gasteiger partial charge in [-0.25, -0.2) is 0 Å². The fraction of sp³-hybridized carbons (Fsp3) is 0.333. The van der Waals surface area contributed by atoms with Crippen LogP contribution in [-0.2, 0) is 4.79 Å². The van der Waals surface area contributed by atoms with Gasteiger partial charge in [-0.2, -0.15) is 0 Å². The Bertz CT molecular complexity index is 541. The lowest BCUT2D eigenvalue weighted by Gasteiger charge is -2.10. The number of amides is 1. The first-order valence-electron chi connectivity index (χ1n) is 6.15. The van der Waals surface area contributed by atoms with Crippen LogP contribution >= 0.6 is 0 Å². The van der Waals surface area contributed by atoms with Gasteiger partial charge in [0.05, 0.1) is 5.70 Å². The Morgan fingerprint density at radius 1 is 1.22 bits per heavy atom. The van der Waals surface area contributed by atoms with E-state index in [0.29, 0.717) is 17.2 Å². The predicted molar refractivity (Wildman–Crippen MR) is 71.0 cm³/mol. The molecule has 0 radical (unpaired) electrons. The van der Waals surface area contributed by atoms with Crippen LogP contribution in [0.15, 0.2) is 30.0 Å². The Labute approximate surface area is 107 Å². The summed E-state index contributed by atoms with van der Waals surface area (Å²) >= 11 is 0. The lowest BCUT2D eigenvalue weighted by molar-refractivity contribution is -0.118. The van der Waals surface area contributed by atoms with Crippen molar-refractivity contribution < 1.29 is 9.59 Å². The van der Waals surface area contributed by atoms with Gasteiger partial charge in [-0.05, 0) is 23.5 Å². The van der Waals surface area contributed by atoms with Gasteiger partial charge < -0.3 is 5.32 Å². The average molecular weight is 243 g/mol. The Balaban J connectivity index is 2.50. The second kappa shape index (κ2) is 4.77. The average Bonchev–Trinajstić information content (AvgIpc) is 2.54. The number of ketones is 1. The lowest BCUT2D eigenvalue weighted by Crippen LogP contribution is -2.23. The van der Waals surface area contributed by atoms with Gasteiger partial charge in [-0.3, -0.25) is 9.59 Å². The molecule has 94 valence electrons. The molecule has 3 nitrogen and oxygen atoms in total. The van der Waals surface area contributed by atoms with Crippen molar-refractivity contribution in [2.75, 3.05) is 0 Å². The number of hydrogen-bond donors (Lipinski definition) is 1. The minimum absolute atomic E-state index is 0.0727. The molecular weight excluding hydrogens is 226 g/mol. The van der Waals surface area contributed by atoms with Crippen molar-refractivity contribution in [3.63, 3.8) is 0 Å². The van der Waals surface area contributed by atoms with E-state index in [4.69, 9.17) is 0 Å². The van der Waals surface area contributed by atoms with Crippen LogP contribution in [0.5, 0.6) is 0 Å². The quantitative estimate of drug-likeness (QED) is 0.887. The predicted octanol–water partition coefficient (Wildman–Crippen LogP) is 2.78. The number of carbonyl (C=O) groups is 2. The second-order valence-electron chi connectivity index (χ2n) is 5.01. The lowest BCUT2D eigenvalue weighted by atomic mass is 9.97. The molecule has 1 aromatic carbocycles. The maximum Gasteiger partial charge on any atom is 0.221 e. The third-order valence-corrected chi connectivity index (χ3v) is 2.94. The molecular formula is C15H17NO2. The highest BCUT2D eigenvalue weighted by Gasteiger charge is 2.29. The smallest absolute Gasteiger partial charge is 0.221 e. The number of rotatable bonds is 3. The summed E-state index contributed by atoms with van der Waals surface area (Å²) < 4.78 is 0. The van der Waals surface area contributed by atoms with E-state index in [2.05, 4.69) is 19.2 Å². The van der Waals surface area contributed by atoms with Crippen molar-refractivity contribution in [2.45, 2.75) is 27.2 Å². The molecule has 1 aliphatic carbocycles. The molecule has 18 heavy (non-hydrogen) atoms. The van der Waals surface area contributed by atoms with Crippen LogP contribution in [0.2, 0.25) is 0 Å². The van der Waals surface area contributed by atoms with E-state index in [1.165, 1.54) is 6.92 Å². The Morgan fingerprint density at radius 3 is 2.39 bits per heavy atom. The summed E-state index contributed by atoms with van der Waals surface area (Å²) in [6.45, 7) is 5.63. The van der Waals surface area contributed by atoms with Gasteiger partial charge >= 0.3 is 0 Å². The van der Waals surface area contributed by atoms with Crippen molar-refractivity contribution in [1.82, 2.24) is 5.32 Å². The Morgan fingerprint density at radius 2 is 1.83 bits per heavy atom. The number of nitrogens with one attached hydrogen (secondary N) is 1. The summed E-state index contributed by atoms with van der Waals surface area (Å²) in [7, 11) is 0. The zero-order valence-corrected chi connectivity index (χ0v) is 10.9. The zero-order valence-electron chi connectivity index (χ0n) is 10.9. The minimum Gasteiger partial charge on any atom is -0.323 e. The molecule has 0 aliphatic heterocycles. The molecule has 0 fully saturated rings. The topological polar surface area (TPSA) is 46.2 Å². The van der Waals surface area contributed by atoms with Crippen molar-refractivity contribution >= 4 is 17.3 Å². The Hall–Kier alpha value is -1.90. The fourth-order valence-corrected chi connectivity index (χ4v) is 2.28. The molecule has 0 saturated carbocycles. The van der Waals surface area contributed by atoms with Crippen LogP contribution in [0.1, 0.15) is 43.1 Å². The van der Waals surface area contributed by atoms with Crippen molar-refractivity contribution in [1.29, 1.82) is 0 Å². The molecule has 0 saturated heterocycles. The third kappa shape index (κ3) is 2.21. The van der Waals surface area contributed by atoms with E-state index >= 15 is 0 Å². The Kier molecular flexibility index (Phi) is 3.32. The highest BCUT2D eigenvalue weighted by atomic mass is 16.2. The zero-order chi connectivity index (χ0) is 13.3. The normalized spacial score (nSPS) is 14.1. The largest absolute Gasteiger partial charge is 0.323 e. The monoisotopic (exact) mass is 243 g/mol. The van der Waals surface area contributed by atoms with Crippen LogP contribution in [-0.4, -0.2) is 11.7 Å². The molecule has 1 aromatic rings. The van der Waals surface area contributed by atoms with Crippen LogP contribution in [0.25, 0.3) is 5.57 Å². The minimum atomic E-state index is -0.201. The van der Waals surface area contributed by atoms with E-state index in [0.717, 1.165) is 17.6 Å². The molecule has 0 aromatic heterocycles. The first-order chi connectivity index (χ1) is 8.50. The number of fused-ring (bicyclic) bond motifs is 1. The first-order valence-corrected chi connectivity index (χ1v) is 6.15. The van der Waals surface area contributed by atoms with Crippen LogP contribution in [0.3, 0.4) is 0 Å². The molecule has 1 aliphatic rings. The SMILES string of the molecule is CC(=O)NC1=C(CC(C)C)c2ccccc2C1=O. The summed E-state index contributed by atoms with van der Waals surface area (Å²) in [5.41, 5.74) is 3.06. The summed E-state index contributed by atoms with van der Waals surface area (Å²) in [6.07, 6.45) is 0.790. The molecule has 1 N–H and O–H groups in total. The number of hydrogen-bond acceptors (Lipinski definition) is 2. The van der Waals surface area contributed by atoms with Crippen molar-refractivity contribution in [2.24, 2.45) is 5.92 Å². The van der Waals surface area contributed by atoms with Crippen LogP contribution in [0.4, 0.5) is 0 Å². The molecule has 3 heteroatoms. The first kappa shape index (κ1) is 12.6. The van der Waals surface area contributed by atoms with E-state index in [-0.39, 0.29) is 11.7 Å². The van der Waals surface area contributed by atoms with Gasteiger partial charge in [0.2, 0.25) is 11.7 Å². The maximum absolute atomic E-state index is 12.3. The summed E-state index contributed by atoms with van der Waals surface area (Å²) in [4.78, 5) is 23.5. The number of carbonyl (C=O) groups excluding carboxylic acids is 2. The third-order valence-electron chi connectivity index (χ3n) is 2.94. The van der Waals surface area contributed by atoms with Crippen LogP contribution in [0, 0.1) is 5.92 Å². The number of allylic oxidation sites excluding steroid dienone is 2. The number of benzene rings is 1. The van der Waals surface area contributed by atoms with E-state index in [1.54, 1.807) is 0 Å². The summed E-state index contributed by atoms with van der Waals surface area (Å²) in [5.74, 6) is 0.159. The molecule has 2 rings (SSSR count). The fourth-order valence-electron chi connectivity index (χ4n) is 2.28. The standard InChI is InChI=1S/C15H17NO2/c1-9(2)8-13-11-6-4-5-7-12(11)15(18)14(13)16-10(3)17/h4-7,9H,8H2,1-3H3,(H,16,17,18). The molecule has 0 atom stereocenters. The van der Waals surface area contributed by atoms with E-state index < -0.39 is 0 Å². The molecule has 0 unspecified atom stereocenters. The second-order valence-corrected chi connectivity index (χ2v) is 5.01. The molecule has 0 spiro atoms. The van der Waals surface area contributed by atoms with Crippen LogP contribution < -0.4 is 5.32 Å². The highest BCUT2D eigenvalue weighted by Crippen LogP contribution is 2.35. The highest BCUT2D eigenvalue weighted by molar-refractivity contribution is 6.21. The summed E-state index contributed by atoms with van der Waals surface area (Å²) in [6, 6.07) is 7.52.